The Hall–Kier alpha value is -0.440. The van der Waals surface area contributed by atoms with Crippen molar-refractivity contribution >= 4 is 0 Å². The van der Waals surface area contributed by atoms with Gasteiger partial charge in [0.1, 0.15) is 48.8 Å². The minimum absolute atomic E-state index is 0.321. The zero-order valence-electron chi connectivity index (χ0n) is 21.4. The second kappa shape index (κ2) is 17.2. The molecular formula is C25H48O11. The number of hydrogen-bond acceptors (Lipinski definition) is 11. The number of ether oxygens (including phenoxy) is 4. The third kappa shape index (κ3) is 9.39. The lowest BCUT2D eigenvalue weighted by molar-refractivity contribution is -0.359. The Morgan fingerprint density at radius 1 is 0.556 bits per heavy atom. The van der Waals surface area contributed by atoms with Gasteiger partial charge < -0.3 is 54.7 Å². The van der Waals surface area contributed by atoms with Crippen molar-refractivity contribution in [1.82, 2.24) is 0 Å². The Balaban J connectivity index is 1.71. The summed E-state index contributed by atoms with van der Waals surface area (Å²) in [6, 6.07) is 0. The highest BCUT2D eigenvalue weighted by Gasteiger charge is 2.50. The lowest BCUT2D eigenvalue weighted by atomic mass is 9.97. The summed E-state index contributed by atoms with van der Waals surface area (Å²) in [5, 5.41) is 70.2. The molecule has 2 aliphatic heterocycles. The lowest BCUT2D eigenvalue weighted by Gasteiger charge is -2.45. The van der Waals surface area contributed by atoms with E-state index in [0.717, 1.165) is 19.3 Å². The van der Waals surface area contributed by atoms with Crippen LogP contribution in [0.5, 0.6) is 0 Å². The first-order valence-corrected chi connectivity index (χ1v) is 13.6. The van der Waals surface area contributed by atoms with E-state index in [1.807, 2.05) is 0 Å². The molecule has 2 saturated heterocycles. The van der Waals surface area contributed by atoms with E-state index in [1.165, 1.54) is 51.4 Å². The Labute approximate surface area is 214 Å². The van der Waals surface area contributed by atoms with Crippen molar-refractivity contribution in [1.29, 1.82) is 0 Å². The van der Waals surface area contributed by atoms with Gasteiger partial charge in [-0.15, -0.1) is 0 Å². The van der Waals surface area contributed by atoms with Gasteiger partial charge in [0.2, 0.25) is 0 Å². The molecule has 10 atom stereocenters. The molecule has 7 N–H and O–H groups in total. The molecule has 0 aromatic carbocycles. The van der Waals surface area contributed by atoms with Crippen molar-refractivity contribution in [2.75, 3.05) is 19.8 Å². The van der Waals surface area contributed by atoms with Crippen LogP contribution >= 0.6 is 0 Å². The van der Waals surface area contributed by atoms with E-state index < -0.39 is 74.6 Å². The van der Waals surface area contributed by atoms with Crippen molar-refractivity contribution in [3.63, 3.8) is 0 Å². The number of aliphatic hydroxyl groups excluding tert-OH is 7. The SMILES string of the molecule is CCCCCCCCCCCCCO[C@@H]1O[C@@H](CO)[C@@H](O[C@H]2O[C@@H](CO)[C@@H](O)[C@@H](O)[C@H]2O)[C@@H](O)[C@@H]1O. The van der Waals surface area contributed by atoms with Gasteiger partial charge in [-0.25, -0.2) is 0 Å². The average Bonchev–Trinajstić information content (AvgIpc) is 2.88. The summed E-state index contributed by atoms with van der Waals surface area (Å²) < 4.78 is 22.1. The van der Waals surface area contributed by atoms with Crippen LogP contribution < -0.4 is 0 Å². The summed E-state index contributed by atoms with van der Waals surface area (Å²) in [5.74, 6) is 0. The van der Waals surface area contributed by atoms with E-state index in [0.29, 0.717) is 6.61 Å². The molecule has 0 amide bonds. The van der Waals surface area contributed by atoms with Crippen LogP contribution in [0.4, 0.5) is 0 Å². The van der Waals surface area contributed by atoms with E-state index in [4.69, 9.17) is 18.9 Å². The van der Waals surface area contributed by atoms with Crippen molar-refractivity contribution in [2.24, 2.45) is 0 Å². The molecule has 36 heavy (non-hydrogen) atoms. The molecule has 0 aliphatic carbocycles. The molecular weight excluding hydrogens is 476 g/mol. The number of hydrogen-bond donors (Lipinski definition) is 7. The molecule has 2 heterocycles. The van der Waals surface area contributed by atoms with Crippen LogP contribution in [-0.2, 0) is 18.9 Å². The summed E-state index contributed by atoms with van der Waals surface area (Å²) >= 11 is 0. The van der Waals surface area contributed by atoms with Gasteiger partial charge >= 0.3 is 0 Å². The fourth-order valence-corrected chi connectivity index (χ4v) is 4.66. The number of rotatable bonds is 17. The number of unbranched alkanes of at least 4 members (excludes halogenated alkanes) is 10. The third-order valence-electron chi connectivity index (χ3n) is 6.99. The summed E-state index contributed by atoms with van der Waals surface area (Å²) in [4.78, 5) is 0. The predicted molar refractivity (Wildman–Crippen MR) is 129 cm³/mol. The molecule has 214 valence electrons. The van der Waals surface area contributed by atoms with Gasteiger partial charge in [-0.3, -0.25) is 0 Å². The summed E-state index contributed by atoms with van der Waals surface area (Å²) in [6.45, 7) is 1.32. The minimum Gasteiger partial charge on any atom is -0.394 e. The molecule has 0 aromatic rings. The van der Waals surface area contributed by atoms with E-state index in [9.17, 15) is 35.7 Å². The molecule has 11 heteroatoms. The van der Waals surface area contributed by atoms with E-state index in [-0.39, 0.29) is 0 Å². The first-order valence-electron chi connectivity index (χ1n) is 13.6. The average molecular weight is 525 g/mol. The summed E-state index contributed by atoms with van der Waals surface area (Å²) in [6.07, 6.45) is -1.24. The molecule has 2 fully saturated rings. The second-order valence-corrected chi connectivity index (χ2v) is 9.91. The highest BCUT2D eigenvalue weighted by atomic mass is 16.7. The topological polar surface area (TPSA) is 179 Å². The van der Waals surface area contributed by atoms with E-state index in [1.54, 1.807) is 0 Å². The van der Waals surface area contributed by atoms with Gasteiger partial charge in [-0.1, -0.05) is 71.1 Å². The fourth-order valence-electron chi connectivity index (χ4n) is 4.66. The van der Waals surface area contributed by atoms with Crippen molar-refractivity contribution in [3.05, 3.63) is 0 Å². The normalized spacial score (nSPS) is 37.3. The van der Waals surface area contributed by atoms with Crippen LogP contribution in [0.25, 0.3) is 0 Å². The molecule has 0 radical (unpaired) electrons. The molecule has 0 saturated carbocycles. The fraction of sp³-hybridized carbons (Fsp3) is 1.00. The Morgan fingerprint density at radius 3 is 1.61 bits per heavy atom. The molecule has 0 aromatic heterocycles. The maximum absolute atomic E-state index is 10.6. The standard InChI is InChI=1S/C25H48O11/c1-2-3-4-5-6-7-8-9-10-11-12-13-33-24-22(32)20(30)23(17(15-27)35-24)36-25-21(31)19(29)18(28)16(14-26)34-25/h16-32H,2-15H2,1H3/t16-,17-,18+,19+,20-,21+,22-,23+,24+,25+/m0/s1. The van der Waals surface area contributed by atoms with E-state index in [2.05, 4.69) is 6.92 Å². The van der Waals surface area contributed by atoms with Crippen LogP contribution in [0.15, 0.2) is 0 Å². The third-order valence-corrected chi connectivity index (χ3v) is 6.99. The van der Waals surface area contributed by atoms with Gasteiger partial charge in [0.25, 0.3) is 0 Å². The molecule has 0 spiro atoms. The molecule has 11 nitrogen and oxygen atoms in total. The van der Waals surface area contributed by atoms with Gasteiger partial charge in [0.05, 0.1) is 13.2 Å². The summed E-state index contributed by atoms with van der Waals surface area (Å²) in [7, 11) is 0. The van der Waals surface area contributed by atoms with Crippen LogP contribution in [0.3, 0.4) is 0 Å². The largest absolute Gasteiger partial charge is 0.394 e. The monoisotopic (exact) mass is 524 g/mol. The molecule has 2 aliphatic rings. The van der Waals surface area contributed by atoms with Crippen LogP contribution in [0.1, 0.15) is 77.6 Å². The van der Waals surface area contributed by atoms with Crippen LogP contribution in [0.2, 0.25) is 0 Å². The van der Waals surface area contributed by atoms with Crippen molar-refractivity contribution in [2.45, 2.75) is 139 Å². The second-order valence-electron chi connectivity index (χ2n) is 9.91. The van der Waals surface area contributed by atoms with E-state index >= 15 is 0 Å². The zero-order chi connectivity index (χ0) is 26.5. The van der Waals surface area contributed by atoms with Crippen molar-refractivity contribution in [3.8, 4) is 0 Å². The van der Waals surface area contributed by atoms with Gasteiger partial charge in [-0.05, 0) is 6.42 Å². The highest BCUT2D eigenvalue weighted by molar-refractivity contribution is 4.94. The predicted octanol–water partition coefficient (Wildman–Crippen LogP) is -0.0619. The lowest BCUT2D eigenvalue weighted by Crippen LogP contribution is -2.64. The summed E-state index contributed by atoms with van der Waals surface area (Å²) in [5.41, 5.74) is 0. The van der Waals surface area contributed by atoms with Crippen LogP contribution in [0, 0.1) is 0 Å². The number of aliphatic hydroxyl groups is 7. The quantitative estimate of drug-likeness (QED) is 0.127. The zero-order valence-corrected chi connectivity index (χ0v) is 21.4. The van der Waals surface area contributed by atoms with Gasteiger partial charge in [-0.2, -0.15) is 0 Å². The highest BCUT2D eigenvalue weighted by Crippen LogP contribution is 2.29. The Bertz CT molecular complexity index is 564. The maximum atomic E-state index is 10.6. The smallest absolute Gasteiger partial charge is 0.187 e. The van der Waals surface area contributed by atoms with Gasteiger partial charge in [0.15, 0.2) is 12.6 Å². The maximum Gasteiger partial charge on any atom is 0.187 e. The first-order chi connectivity index (χ1) is 17.3. The minimum atomic E-state index is -1.69. The molecule has 2 rings (SSSR count). The van der Waals surface area contributed by atoms with Crippen molar-refractivity contribution < 1.29 is 54.7 Å². The Morgan fingerprint density at radius 2 is 1.06 bits per heavy atom. The van der Waals surface area contributed by atoms with Gasteiger partial charge in [0, 0.05) is 6.61 Å². The molecule has 0 unspecified atom stereocenters. The Kier molecular flexibility index (Phi) is 15.2. The first kappa shape index (κ1) is 31.8. The molecule has 0 bridgehead atoms. The van der Waals surface area contributed by atoms with Crippen LogP contribution in [-0.4, -0.2) is 117 Å².